The molecule has 3 rings (SSSR count). The van der Waals surface area contributed by atoms with Gasteiger partial charge in [-0.2, -0.15) is 11.8 Å². The van der Waals surface area contributed by atoms with E-state index in [1.54, 1.807) is 0 Å². The second-order valence-electron chi connectivity index (χ2n) is 6.03. The summed E-state index contributed by atoms with van der Waals surface area (Å²) in [5.41, 5.74) is 0.978. The normalized spacial score (nSPS) is 19.0. The molecule has 0 spiro atoms. The highest BCUT2D eigenvalue weighted by atomic mass is 32.2. The van der Waals surface area contributed by atoms with Crippen molar-refractivity contribution < 1.29 is 9.90 Å². The van der Waals surface area contributed by atoms with Crippen LogP contribution in [0.1, 0.15) is 29.1 Å². The van der Waals surface area contributed by atoms with Crippen LogP contribution in [0.5, 0.6) is 0 Å². The van der Waals surface area contributed by atoms with Gasteiger partial charge in [-0.1, -0.05) is 18.2 Å². The number of carboxylic acid groups (broad SMARTS) is 1. The minimum atomic E-state index is -0.808. The van der Waals surface area contributed by atoms with Crippen molar-refractivity contribution >= 4 is 39.2 Å². The molecule has 1 saturated heterocycles. The molecule has 112 valence electrons. The maximum Gasteiger partial charge on any atom is 0.346 e. The summed E-state index contributed by atoms with van der Waals surface area (Å²) in [6.07, 6.45) is 0. The summed E-state index contributed by atoms with van der Waals surface area (Å²) in [7, 11) is 0. The fraction of sp³-hybridized carbons (Fsp3) is 0.438. The van der Waals surface area contributed by atoms with E-state index in [-0.39, 0.29) is 4.75 Å². The highest BCUT2D eigenvalue weighted by molar-refractivity contribution is 8.00. The zero-order valence-corrected chi connectivity index (χ0v) is 13.9. The van der Waals surface area contributed by atoms with Crippen molar-refractivity contribution in [2.75, 3.05) is 18.8 Å². The van der Waals surface area contributed by atoms with Crippen molar-refractivity contribution in [1.82, 2.24) is 4.90 Å². The monoisotopic (exact) mass is 321 g/mol. The molecule has 21 heavy (non-hydrogen) atoms. The number of thioether (sulfide) groups is 1. The number of nitrogens with zero attached hydrogens (tertiary/aromatic N) is 1. The van der Waals surface area contributed by atoms with E-state index in [1.807, 2.05) is 36.0 Å². The Morgan fingerprint density at radius 3 is 2.86 bits per heavy atom. The number of thiophene rings is 1. The number of carbonyl (C=O) groups is 1. The van der Waals surface area contributed by atoms with E-state index in [4.69, 9.17) is 0 Å². The second kappa shape index (κ2) is 5.63. The average molecular weight is 321 g/mol. The van der Waals surface area contributed by atoms with E-state index in [9.17, 15) is 9.90 Å². The Labute approximate surface area is 133 Å². The second-order valence-corrected chi connectivity index (χ2v) is 8.88. The highest BCUT2D eigenvalue weighted by Gasteiger charge is 2.28. The molecule has 3 nitrogen and oxygen atoms in total. The summed E-state index contributed by atoms with van der Waals surface area (Å²) in [5, 5.41) is 10.6. The van der Waals surface area contributed by atoms with Crippen LogP contribution in [0.25, 0.3) is 10.1 Å². The number of rotatable bonds is 3. The van der Waals surface area contributed by atoms with Crippen LogP contribution in [0, 0.1) is 0 Å². The van der Waals surface area contributed by atoms with Crippen LogP contribution >= 0.6 is 23.1 Å². The lowest BCUT2D eigenvalue weighted by Gasteiger charge is -2.37. The van der Waals surface area contributed by atoms with Gasteiger partial charge in [0.25, 0.3) is 0 Å². The fourth-order valence-electron chi connectivity index (χ4n) is 2.90. The van der Waals surface area contributed by atoms with Crippen molar-refractivity contribution in [3.8, 4) is 0 Å². The van der Waals surface area contributed by atoms with Crippen LogP contribution in [-0.2, 0) is 6.54 Å². The van der Waals surface area contributed by atoms with Crippen LogP contribution in [0.3, 0.4) is 0 Å². The van der Waals surface area contributed by atoms with Crippen LogP contribution < -0.4 is 0 Å². The molecule has 1 aromatic heterocycles. The molecular weight excluding hydrogens is 302 g/mol. The Morgan fingerprint density at radius 2 is 2.14 bits per heavy atom. The molecule has 0 radical (unpaired) electrons. The third-order valence-electron chi connectivity index (χ3n) is 3.78. The number of benzene rings is 1. The van der Waals surface area contributed by atoms with Crippen LogP contribution in [0.4, 0.5) is 0 Å². The summed E-state index contributed by atoms with van der Waals surface area (Å²) < 4.78 is 1.31. The van der Waals surface area contributed by atoms with E-state index >= 15 is 0 Å². The molecule has 0 aliphatic carbocycles. The number of hydrogen-bond donors (Lipinski definition) is 1. The first-order valence-corrected chi connectivity index (χ1v) is 8.86. The summed E-state index contributed by atoms with van der Waals surface area (Å²) in [6.45, 7) is 7.27. The van der Waals surface area contributed by atoms with Gasteiger partial charge in [-0.25, -0.2) is 4.79 Å². The SMILES string of the molecule is CC1(C)CN(Cc2c(C(=O)O)sc3ccccc23)CCS1. The predicted octanol–water partition coefficient (Wildman–Crippen LogP) is 3.93. The minimum Gasteiger partial charge on any atom is -0.477 e. The fourth-order valence-corrected chi connectivity index (χ4v) is 5.13. The molecule has 2 aromatic rings. The summed E-state index contributed by atoms with van der Waals surface area (Å²) in [6, 6.07) is 8.00. The number of aromatic carboxylic acids is 1. The van der Waals surface area contributed by atoms with E-state index < -0.39 is 5.97 Å². The van der Waals surface area contributed by atoms with Gasteiger partial charge in [0.05, 0.1) is 0 Å². The van der Waals surface area contributed by atoms with Gasteiger partial charge in [-0.05, 0) is 30.9 Å². The van der Waals surface area contributed by atoms with Crippen molar-refractivity contribution in [2.45, 2.75) is 25.1 Å². The van der Waals surface area contributed by atoms with Crippen LogP contribution in [0.15, 0.2) is 24.3 Å². The van der Waals surface area contributed by atoms with Gasteiger partial charge >= 0.3 is 5.97 Å². The van der Waals surface area contributed by atoms with Crippen LogP contribution in [-0.4, -0.2) is 39.6 Å². The Morgan fingerprint density at radius 1 is 1.38 bits per heavy atom. The largest absolute Gasteiger partial charge is 0.477 e. The predicted molar refractivity (Wildman–Crippen MR) is 90.6 cm³/mol. The Kier molecular flexibility index (Phi) is 3.99. The molecule has 0 bridgehead atoms. The molecule has 0 amide bonds. The molecule has 0 atom stereocenters. The van der Waals surface area contributed by atoms with Crippen molar-refractivity contribution in [3.63, 3.8) is 0 Å². The van der Waals surface area contributed by atoms with Gasteiger partial charge in [0.1, 0.15) is 4.88 Å². The molecule has 2 heterocycles. The van der Waals surface area contributed by atoms with Gasteiger partial charge in [-0.15, -0.1) is 11.3 Å². The summed E-state index contributed by atoms with van der Waals surface area (Å²) in [5.74, 6) is 0.300. The van der Waals surface area contributed by atoms with Gasteiger partial charge in [0.15, 0.2) is 0 Å². The number of hydrogen-bond acceptors (Lipinski definition) is 4. The zero-order chi connectivity index (χ0) is 15.0. The topological polar surface area (TPSA) is 40.5 Å². The van der Waals surface area contributed by atoms with E-state index in [1.165, 1.54) is 11.3 Å². The first kappa shape index (κ1) is 14.9. The molecule has 0 unspecified atom stereocenters. The van der Waals surface area contributed by atoms with Gasteiger partial charge in [-0.3, -0.25) is 4.90 Å². The molecule has 1 fully saturated rings. The first-order valence-electron chi connectivity index (χ1n) is 7.06. The van der Waals surface area contributed by atoms with Gasteiger partial charge < -0.3 is 5.11 Å². The third-order valence-corrected chi connectivity index (χ3v) is 6.28. The number of carboxylic acids is 1. The van der Waals surface area contributed by atoms with Crippen molar-refractivity contribution in [2.24, 2.45) is 0 Å². The van der Waals surface area contributed by atoms with E-state index in [2.05, 4.69) is 18.7 Å². The average Bonchev–Trinajstić information content (AvgIpc) is 2.77. The highest BCUT2D eigenvalue weighted by Crippen LogP contribution is 2.35. The lowest BCUT2D eigenvalue weighted by atomic mass is 10.1. The molecule has 5 heteroatoms. The Bertz CT molecular complexity index is 678. The van der Waals surface area contributed by atoms with Crippen LogP contribution in [0.2, 0.25) is 0 Å². The van der Waals surface area contributed by atoms with Gasteiger partial charge in [0, 0.05) is 34.8 Å². The molecular formula is C16H19NO2S2. The van der Waals surface area contributed by atoms with Crippen molar-refractivity contribution in [3.05, 3.63) is 34.7 Å². The lowest BCUT2D eigenvalue weighted by molar-refractivity contribution is 0.0700. The molecule has 1 N–H and O–H groups in total. The molecule has 0 saturated carbocycles. The molecule has 1 aliphatic heterocycles. The zero-order valence-electron chi connectivity index (χ0n) is 12.3. The van der Waals surface area contributed by atoms with Gasteiger partial charge in [0.2, 0.25) is 0 Å². The smallest absolute Gasteiger partial charge is 0.346 e. The molecule has 1 aromatic carbocycles. The summed E-state index contributed by atoms with van der Waals surface area (Å²) >= 11 is 3.38. The molecule has 1 aliphatic rings. The third kappa shape index (κ3) is 3.10. The van der Waals surface area contributed by atoms with E-state index in [0.717, 1.165) is 41.0 Å². The standard InChI is InChI=1S/C16H19NO2S2/c1-16(2)10-17(7-8-20-16)9-12-11-5-3-4-6-13(11)21-14(12)15(18)19/h3-6H,7-10H2,1-2H3,(H,18,19). The Hall–Kier alpha value is -1.04. The maximum atomic E-state index is 11.5. The first-order chi connectivity index (χ1) is 9.96. The minimum absolute atomic E-state index is 0.244. The van der Waals surface area contributed by atoms with Crippen molar-refractivity contribution in [1.29, 1.82) is 0 Å². The Balaban J connectivity index is 1.95. The van der Waals surface area contributed by atoms with E-state index in [0.29, 0.717) is 4.88 Å². The maximum absolute atomic E-state index is 11.5. The quantitative estimate of drug-likeness (QED) is 0.930. The summed E-state index contributed by atoms with van der Waals surface area (Å²) in [4.78, 5) is 14.4. The number of fused-ring (bicyclic) bond motifs is 1. The lowest BCUT2D eigenvalue weighted by Crippen LogP contribution is -2.42.